The molecule has 0 atom stereocenters. The Morgan fingerprint density at radius 1 is 1.25 bits per heavy atom. The van der Waals surface area contributed by atoms with E-state index in [1.165, 1.54) is 18.4 Å². The molecule has 0 unspecified atom stereocenters. The third-order valence-electron chi connectivity index (χ3n) is 3.10. The summed E-state index contributed by atoms with van der Waals surface area (Å²) in [6.45, 7) is 4.13. The van der Waals surface area contributed by atoms with Crippen LogP contribution in [0.4, 0.5) is 5.69 Å². The van der Waals surface area contributed by atoms with Gasteiger partial charge < -0.3 is 5.32 Å². The summed E-state index contributed by atoms with van der Waals surface area (Å²) in [6, 6.07) is 7.91. The number of anilines is 1. The minimum absolute atomic E-state index is 0.178. The van der Waals surface area contributed by atoms with Gasteiger partial charge in [0.2, 0.25) is 5.82 Å². The molecule has 5 heteroatoms. The third kappa shape index (κ3) is 3.66. The molecule has 2 N–H and O–H groups in total. The summed E-state index contributed by atoms with van der Waals surface area (Å²) in [6.07, 6.45) is 4.17. The van der Waals surface area contributed by atoms with Gasteiger partial charge in [0.25, 0.3) is 5.91 Å². The molecular weight excluding hydrogens is 252 g/mol. The van der Waals surface area contributed by atoms with Crippen molar-refractivity contribution in [3.05, 3.63) is 41.5 Å². The van der Waals surface area contributed by atoms with Crippen molar-refractivity contribution in [3.63, 3.8) is 0 Å². The number of carbonyl (C=O) groups is 1. The molecule has 0 fully saturated rings. The second-order valence-electron chi connectivity index (χ2n) is 4.71. The number of unbranched alkanes of at least 4 members (excludes halogenated alkanes) is 1. The first-order valence-electron chi connectivity index (χ1n) is 7.04. The summed E-state index contributed by atoms with van der Waals surface area (Å²) in [5, 5.41) is 9.42. The average Bonchev–Trinajstić information content (AvgIpc) is 2.95. The van der Waals surface area contributed by atoms with Gasteiger partial charge in [0.15, 0.2) is 0 Å². The van der Waals surface area contributed by atoms with E-state index in [0.29, 0.717) is 5.82 Å². The summed E-state index contributed by atoms with van der Waals surface area (Å²) >= 11 is 0. The normalized spacial score (nSPS) is 10.5. The summed E-state index contributed by atoms with van der Waals surface area (Å²) < 4.78 is 0. The number of benzene rings is 1. The molecule has 0 aliphatic heterocycles. The van der Waals surface area contributed by atoms with Crippen LogP contribution < -0.4 is 5.32 Å². The van der Waals surface area contributed by atoms with Crippen LogP contribution in [0.15, 0.2) is 24.3 Å². The van der Waals surface area contributed by atoms with Gasteiger partial charge in [-0.1, -0.05) is 32.4 Å². The minimum atomic E-state index is -0.290. The van der Waals surface area contributed by atoms with Crippen molar-refractivity contribution in [3.8, 4) is 0 Å². The predicted octanol–water partition coefficient (Wildman–Crippen LogP) is 2.96. The number of hydrogen-bond acceptors (Lipinski definition) is 3. The molecule has 0 spiro atoms. The Morgan fingerprint density at radius 2 is 2.00 bits per heavy atom. The van der Waals surface area contributed by atoms with E-state index in [1.807, 2.05) is 31.2 Å². The van der Waals surface area contributed by atoms with Gasteiger partial charge in [0.1, 0.15) is 5.82 Å². The van der Waals surface area contributed by atoms with Gasteiger partial charge in [-0.25, -0.2) is 4.98 Å². The third-order valence-corrected chi connectivity index (χ3v) is 3.10. The van der Waals surface area contributed by atoms with E-state index in [2.05, 4.69) is 27.4 Å². The predicted molar refractivity (Wildman–Crippen MR) is 78.8 cm³/mol. The van der Waals surface area contributed by atoms with Crippen LogP contribution in [-0.4, -0.2) is 21.1 Å². The number of carbonyl (C=O) groups excluding carboxylic acids is 1. The fourth-order valence-corrected chi connectivity index (χ4v) is 1.88. The fourth-order valence-electron chi connectivity index (χ4n) is 1.88. The van der Waals surface area contributed by atoms with E-state index in [0.717, 1.165) is 18.5 Å². The molecule has 1 amide bonds. The highest BCUT2D eigenvalue weighted by Crippen LogP contribution is 2.12. The van der Waals surface area contributed by atoms with Crippen molar-refractivity contribution in [2.75, 3.05) is 5.32 Å². The Hall–Kier alpha value is -2.17. The van der Waals surface area contributed by atoms with Crippen molar-refractivity contribution >= 4 is 11.6 Å². The van der Waals surface area contributed by atoms with Crippen LogP contribution in [0.25, 0.3) is 0 Å². The Morgan fingerprint density at radius 3 is 2.60 bits per heavy atom. The largest absolute Gasteiger partial charge is 0.319 e. The number of aryl methyl sites for hydroxylation is 2. The zero-order valence-electron chi connectivity index (χ0n) is 11.9. The fraction of sp³-hybridized carbons (Fsp3) is 0.400. The molecule has 1 aromatic carbocycles. The number of aromatic amines is 1. The highest BCUT2D eigenvalue weighted by molar-refractivity contribution is 6.01. The molecule has 0 radical (unpaired) electrons. The number of nitrogens with one attached hydrogen (secondary N) is 2. The number of nitrogens with zero attached hydrogens (tertiary/aromatic N) is 2. The lowest BCUT2D eigenvalue weighted by Crippen LogP contribution is -2.13. The Labute approximate surface area is 118 Å². The molecule has 0 bridgehead atoms. The first-order valence-corrected chi connectivity index (χ1v) is 7.04. The maximum Gasteiger partial charge on any atom is 0.295 e. The highest BCUT2D eigenvalue weighted by Gasteiger charge is 2.11. The molecule has 0 saturated heterocycles. The van der Waals surface area contributed by atoms with Crippen molar-refractivity contribution in [1.29, 1.82) is 0 Å². The summed E-state index contributed by atoms with van der Waals surface area (Å²) in [7, 11) is 0. The minimum Gasteiger partial charge on any atom is -0.319 e. The zero-order chi connectivity index (χ0) is 14.4. The Kier molecular flexibility index (Phi) is 4.87. The van der Waals surface area contributed by atoms with Gasteiger partial charge in [-0.2, -0.15) is 0 Å². The first-order chi connectivity index (χ1) is 9.72. The van der Waals surface area contributed by atoms with Crippen LogP contribution in [0.1, 0.15) is 48.7 Å². The quantitative estimate of drug-likeness (QED) is 0.849. The maximum atomic E-state index is 11.9. The van der Waals surface area contributed by atoms with Gasteiger partial charge >= 0.3 is 0 Å². The number of amides is 1. The van der Waals surface area contributed by atoms with Crippen LogP contribution in [0, 0.1) is 0 Å². The Bertz CT molecular complexity index is 560. The topological polar surface area (TPSA) is 70.7 Å². The van der Waals surface area contributed by atoms with Gasteiger partial charge in [-0.05, 0) is 30.5 Å². The van der Waals surface area contributed by atoms with Crippen LogP contribution in [0.5, 0.6) is 0 Å². The van der Waals surface area contributed by atoms with Gasteiger partial charge in [0.05, 0.1) is 0 Å². The number of aromatic nitrogens is 3. The summed E-state index contributed by atoms with van der Waals surface area (Å²) in [4.78, 5) is 16.0. The number of hydrogen-bond donors (Lipinski definition) is 2. The molecule has 0 aliphatic carbocycles. The molecule has 106 valence electrons. The van der Waals surface area contributed by atoms with Gasteiger partial charge in [0, 0.05) is 12.1 Å². The average molecular weight is 272 g/mol. The smallest absolute Gasteiger partial charge is 0.295 e. The van der Waals surface area contributed by atoms with Crippen molar-refractivity contribution in [1.82, 2.24) is 15.2 Å². The van der Waals surface area contributed by atoms with E-state index in [-0.39, 0.29) is 11.7 Å². The van der Waals surface area contributed by atoms with Gasteiger partial charge in [-0.3, -0.25) is 9.89 Å². The Balaban J connectivity index is 1.97. The second kappa shape index (κ2) is 6.84. The second-order valence-corrected chi connectivity index (χ2v) is 4.71. The molecule has 2 aromatic rings. The monoisotopic (exact) mass is 272 g/mol. The molecule has 20 heavy (non-hydrogen) atoms. The van der Waals surface area contributed by atoms with Crippen molar-refractivity contribution in [2.24, 2.45) is 0 Å². The molecule has 1 aromatic heterocycles. The summed E-state index contributed by atoms with van der Waals surface area (Å²) in [5.41, 5.74) is 2.05. The first kappa shape index (κ1) is 14.2. The van der Waals surface area contributed by atoms with Crippen LogP contribution in [0.3, 0.4) is 0 Å². The van der Waals surface area contributed by atoms with Crippen molar-refractivity contribution in [2.45, 2.75) is 39.5 Å². The lowest BCUT2D eigenvalue weighted by atomic mass is 10.1. The SMILES string of the molecule is CCCCc1ccc(NC(=O)c2n[nH]c(CC)n2)cc1. The molecule has 0 aliphatic rings. The summed E-state index contributed by atoms with van der Waals surface area (Å²) in [5.74, 6) is 0.601. The van der Waals surface area contributed by atoms with Crippen LogP contribution >= 0.6 is 0 Å². The van der Waals surface area contributed by atoms with E-state index >= 15 is 0 Å². The molecule has 0 saturated carbocycles. The van der Waals surface area contributed by atoms with E-state index < -0.39 is 0 Å². The highest BCUT2D eigenvalue weighted by atomic mass is 16.2. The molecular formula is C15H20N4O. The molecule has 1 heterocycles. The lowest BCUT2D eigenvalue weighted by Gasteiger charge is -2.04. The molecule has 5 nitrogen and oxygen atoms in total. The maximum absolute atomic E-state index is 11.9. The van der Waals surface area contributed by atoms with E-state index in [4.69, 9.17) is 0 Å². The van der Waals surface area contributed by atoms with E-state index in [9.17, 15) is 4.79 Å². The number of H-pyrrole nitrogens is 1. The molecule has 2 rings (SSSR count). The van der Waals surface area contributed by atoms with Gasteiger partial charge in [-0.15, -0.1) is 5.10 Å². The van der Waals surface area contributed by atoms with E-state index in [1.54, 1.807) is 0 Å². The van der Waals surface area contributed by atoms with Crippen LogP contribution in [0.2, 0.25) is 0 Å². The van der Waals surface area contributed by atoms with Crippen LogP contribution in [-0.2, 0) is 12.8 Å². The standard InChI is InChI=1S/C15H20N4O/c1-3-5-6-11-7-9-12(10-8-11)16-15(20)14-17-13(4-2)18-19-14/h7-10H,3-6H2,1-2H3,(H,16,20)(H,17,18,19). The number of rotatable bonds is 6. The lowest BCUT2D eigenvalue weighted by molar-refractivity contribution is 0.101. The zero-order valence-corrected chi connectivity index (χ0v) is 11.9. The van der Waals surface area contributed by atoms with Crippen molar-refractivity contribution < 1.29 is 4.79 Å².